The molecule has 0 aliphatic heterocycles. The van der Waals surface area contributed by atoms with Gasteiger partial charge in [-0.2, -0.15) is 11.8 Å². The van der Waals surface area contributed by atoms with E-state index >= 15 is 0 Å². The van der Waals surface area contributed by atoms with Gasteiger partial charge in [-0.3, -0.25) is 0 Å². The molecule has 2 unspecified atom stereocenters. The molecule has 1 aromatic carbocycles. The predicted molar refractivity (Wildman–Crippen MR) is 92.5 cm³/mol. The van der Waals surface area contributed by atoms with Gasteiger partial charge in [-0.25, -0.2) is 4.79 Å². The zero-order valence-corrected chi connectivity index (χ0v) is 14.2. The van der Waals surface area contributed by atoms with Crippen LogP contribution in [0.1, 0.15) is 31.2 Å². The predicted octanol–water partition coefficient (Wildman–Crippen LogP) is 3.25. The number of carbonyl (C=O) groups excluding carboxylic acids is 1. The number of aromatic hydroxyl groups is 1. The minimum absolute atomic E-state index is 0.0393. The van der Waals surface area contributed by atoms with E-state index in [1.165, 1.54) is 12.0 Å². The van der Waals surface area contributed by atoms with E-state index in [9.17, 15) is 9.90 Å². The molecule has 1 aliphatic carbocycles. The third-order valence-corrected chi connectivity index (χ3v) is 5.51. The summed E-state index contributed by atoms with van der Waals surface area (Å²) in [4.78, 5) is 14.0. The van der Waals surface area contributed by atoms with Crippen molar-refractivity contribution in [2.45, 2.75) is 43.4 Å². The van der Waals surface area contributed by atoms with Gasteiger partial charge in [-0.15, -0.1) is 0 Å². The monoisotopic (exact) mass is 322 g/mol. The lowest BCUT2D eigenvalue weighted by Crippen LogP contribution is -2.43. The van der Waals surface area contributed by atoms with Gasteiger partial charge in [0.15, 0.2) is 0 Å². The Morgan fingerprint density at radius 2 is 2.09 bits per heavy atom. The minimum Gasteiger partial charge on any atom is -0.508 e. The highest BCUT2D eigenvalue weighted by molar-refractivity contribution is 7.99. The Balaban J connectivity index is 1.66. The number of thioether (sulfide) groups is 1. The number of phenolic OH excluding ortho intramolecular Hbond substituents is 1. The molecule has 0 saturated heterocycles. The molecule has 122 valence electrons. The molecule has 2 atom stereocenters. The van der Waals surface area contributed by atoms with Gasteiger partial charge in [0.25, 0.3) is 0 Å². The maximum absolute atomic E-state index is 12.2. The van der Waals surface area contributed by atoms with Crippen molar-refractivity contribution >= 4 is 17.8 Å². The quantitative estimate of drug-likeness (QED) is 0.791. The zero-order valence-electron chi connectivity index (χ0n) is 13.4. The van der Waals surface area contributed by atoms with Gasteiger partial charge in [0.1, 0.15) is 5.75 Å². The number of carbonyl (C=O) groups is 1. The molecule has 1 aliphatic rings. The largest absolute Gasteiger partial charge is 0.508 e. The van der Waals surface area contributed by atoms with Crippen LogP contribution in [-0.2, 0) is 6.42 Å². The van der Waals surface area contributed by atoms with Crippen LogP contribution in [0.4, 0.5) is 4.79 Å². The molecule has 22 heavy (non-hydrogen) atoms. The fraction of sp³-hybridized carbons (Fsp3) is 0.588. The number of amides is 2. The van der Waals surface area contributed by atoms with E-state index in [0.29, 0.717) is 23.6 Å². The van der Waals surface area contributed by atoms with Crippen LogP contribution in [0.2, 0.25) is 0 Å². The van der Waals surface area contributed by atoms with Gasteiger partial charge in [-0.1, -0.05) is 12.1 Å². The van der Waals surface area contributed by atoms with Crippen molar-refractivity contribution in [3.8, 4) is 5.75 Å². The summed E-state index contributed by atoms with van der Waals surface area (Å²) in [6, 6.07) is 7.66. The summed E-state index contributed by atoms with van der Waals surface area (Å²) >= 11 is 1.91. The molecule has 4 nitrogen and oxygen atoms in total. The highest BCUT2D eigenvalue weighted by Crippen LogP contribution is 2.30. The van der Waals surface area contributed by atoms with Gasteiger partial charge in [0.2, 0.25) is 0 Å². The van der Waals surface area contributed by atoms with Gasteiger partial charge < -0.3 is 15.3 Å². The molecule has 0 heterocycles. The molecular formula is C17H26N2O2S. The molecule has 1 fully saturated rings. The number of benzene rings is 1. The highest BCUT2D eigenvalue weighted by atomic mass is 32.2. The van der Waals surface area contributed by atoms with E-state index in [1.54, 1.807) is 12.1 Å². The Morgan fingerprint density at radius 1 is 1.36 bits per heavy atom. The van der Waals surface area contributed by atoms with Crippen LogP contribution in [0.25, 0.3) is 0 Å². The number of nitrogens with zero attached hydrogens (tertiary/aromatic N) is 1. The van der Waals surface area contributed by atoms with E-state index in [2.05, 4.69) is 11.6 Å². The second-order valence-corrected chi connectivity index (χ2v) is 7.08. The summed E-state index contributed by atoms with van der Waals surface area (Å²) in [6.07, 6.45) is 7.40. The van der Waals surface area contributed by atoms with E-state index in [4.69, 9.17) is 0 Å². The molecule has 1 aromatic rings. The molecule has 5 heteroatoms. The van der Waals surface area contributed by atoms with Crippen LogP contribution in [0.5, 0.6) is 5.75 Å². The topological polar surface area (TPSA) is 52.6 Å². The molecule has 0 aromatic heterocycles. The lowest BCUT2D eigenvalue weighted by molar-refractivity contribution is 0.191. The number of rotatable bonds is 6. The first kappa shape index (κ1) is 17.0. The lowest BCUT2D eigenvalue weighted by atomic mass is 10.1. The van der Waals surface area contributed by atoms with Gasteiger partial charge >= 0.3 is 6.03 Å². The first-order chi connectivity index (χ1) is 10.6. The average Bonchev–Trinajstić information content (AvgIpc) is 3.01. The third kappa shape index (κ3) is 4.83. The van der Waals surface area contributed by atoms with Crippen molar-refractivity contribution in [1.29, 1.82) is 0 Å². The van der Waals surface area contributed by atoms with E-state index in [0.717, 1.165) is 25.7 Å². The Morgan fingerprint density at radius 3 is 2.73 bits per heavy atom. The number of hydrogen-bond donors (Lipinski definition) is 2. The van der Waals surface area contributed by atoms with Crippen molar-refractivity contribution in [2.24, 2.45) is 0 Å². The standard InChI is InChI=1S/C17H26N2O2S/c1-19(14-7-10-16(12-14)22-2)17(21)18-11-3-4-13-5-8-15(20)9-6-13/h5-6,8-9,14,16,20H,3-4,7,10-12H2,1-2H3,(H,18,21). The van der Waals surface area contributed by atoms with E-state index < -0.39 is 0 Å². The maximum atomic E-state index is 12.2. The third-order valence-electron chi connectivity index (χ3n) is 4.41. The van der Waals surface area contributed by atoms with E-state index in [-0.39, 0.29) is 6.03 Å². The van der Waals surface area contributed by atoms with Crippen molar-refractivity contribution < 1.29 is 9.90 Å². The fourth-order valence-electron chi connectivity index (χ4n) is 2.92. The lowest BCUT2D eigenvalue weighted by Gasteiger charge is -2.25. The van der Waals surface area contributed by atoms with Crippen LogP contribution in [-0.4, -0.2) is 47.2 Å². The zero-order chi connectivity index (χ0) is 15.9. The van der Waals surface area contributed by atoms with Gasteiger partial charge in [0.05, 0.1) is 0 Å². The summed E-state index contributed by atoms with van der Waals surface area (Å²) in [5.41, 5.74) is 1.18. The number of aryl methyl sites for hydroxylation is 1. The summed E-state index contributed by atoms with van der Waals surface area (Å²) in [7, 11) is 1.91. The molecule has 0 bridgehead atoms. The van der Waals surface area contributed by atoms with E-state index in [1.807, 2.05) is 35.8 Å². The van der Waals surface area contributed by atoms with Crippen molar-refractivity contribution in [2.75, 3.05) is 19.8 Å². The summed E-state index contributed by atoms with van der Waals surface area (Å²) in [6.45, 7) is 0.683. The second-order valence-electron chi connectivity index (χ2n) is 5.94. The van der Waals surface area contributed by atoms with Gasteiger partial charge in [-0.05, 0) is 56.1 Å². The summed E-state index contributed by atoms with van der Waals surface area (Å²) in [5.74, 6) is 0.291. The number of urea groups is 1. The van der Waals surface area contributed by atoms with Crippen LogP contribution < -0.4 is 5.32 Å². The van der Waals surface area contributed by atoms with Crippen molar-refractivity contribution in [3.05, 3.63) is 29.8 Å². The number of phenols is 1. The summed E-state index contributed by atoms with van der Waals surface area (Å²) < 4.78 is 0. The molecule has 0 spiro atoms. The number of hydrogen-bond acceptors (Lipinski definition) is 3. The number of nitrogens with one attached hydrogen (secondary N) is 1. The Hall–Kier alpha value is -1.36. The van der Waals surface area contributed by atoms with Crippen LogP contribution >= 0.6 is 11.8 Å². The SMILES string of the molecule is CSC1CCC(N(C)C(=O)NCCCc2ccc(O)cc2)C1. The average molecular weight is 322 g/mol. The molecule has 2 N–H and O–H groups in total. The summed E-state index contributed by atoms with van der Waals surface area (Å²) in [5, 5.41) is 12.9. The van der Waals surface area contributed by atoms with Gasteiger partial charge in [0, 0.05) is 24.9 Å². The molecule has 2 amide bonds. The van der Waals surface area contributed by atoms with Crippen LogP contribution in [0, 0.1) is 0 Å². The minimum atomic E-state index is 0.0393. The molecule has 0 radical (unpaired) electrons. The normalized spacial score (nSPS) is 20.8. The molecular weight excluding hydrogens is 296 g/mol. The van der Waals surface area contributed by atoms with Crippen molar-refractivity contribution in [3.63, 3.8) is 0 Å². The Bertz CT molecular complexity index is 478. The van der Waals surface area contributed by atoms with Crippen LogP contribution in [0.15, 0.2) is 24.3 Å². The Labute approximate surface area is 137 Å². The molecule has 2 rings (SSSR count). The Kier molecular flexibility index (Phi) is 6.43. The smallest absolute Gasteiger partial charge is 0.317 e. The van der Waals surface area contributed by atoms with Crippen molar-refractivity contribution in [1.82, 2.24) is 10.2 Å². The maximum Gasteiger partial charge on any atom is 0.317 e. The van der Waals surface area contributed by atoms with Crippen LogP contribution in [0.3, 0.4) is 0 Å². The fourth-order valence-corrected chi connectivity index (χ4v) is 3.71. The first-order valence-electron chi connectivity index (χ1n) is 7.91. The second kappa shape index (κ2) is 8.32. The first-order valence-corrected chi connectivity index (χ1v) is 9.20. The molecule has 1 saturated carbocycles. The highest BCUT2D eigenvalue weighted by Gasteiger charge is 2.29.